The van der Waals surface area contributed by atoms with Gasteiger partial charge in [0.1, 0.15) is 5.82 Å². The van der Waals surface area contributed by atoms with Crippen LogP contribution < -0.4 is 5.32 Å². The molecule has 2 aromatic rings. The van der Waals surface area contributed by atoms with Gasteiger partial charge in [0.2, 0.25) is 0 Å². The van der Waals surface area contributed by atoms with Gasteiger partial charge in [0.05, 0.1) is 6.61 Å². The number of benzene rings is 1. The van der Waals surface area contributed by atoms with Crippen molar-refractivity contribution in [2.24, 2.45) is 0 Å². The summed E-state index contributed by atoms with van der Waals surface area (Å²) in [6.45, 7) is 2.34. The standard InChI is InChI=1S/C16H21N3O/c1-20-10-9-17-11-15-12-18-16(19-13-15)8-7-14-5-3-2-4-6-14/h2-6,12-13,17H,7-11H2,1H3. The molecule has 4 heteroatoms. The Morgan fingerprint density at radius 1 is 1.00 bits per heavy atom. The first-order valence-electron chi connectivity index (χ1n) is 6.92. The number of hydrogen-bond donors (Lipinski definition) is 1. The molecule has 20 heavy (non-hydrogen) atoms. The number of nitrogens with one attached hydrogen (secondary N) is 1. The van der Waals surface area contributed by atoms with Crippen LogP contribution in [0.5, 0.6) is 0 Å². The topological polar surface area (TPSA) is 47.0 Å². The van der Waals surface area contributed by atoms with Gasteiger partial charge < -0.3 is 10.1 Å². The van der Waals surface area contributed by atoms with Gasteiger partial charge in [-0.15, -0.1) is 0 Å². The second-order valence-corrected chi connectivity index (χ2v) is 4.66. The Bertz CT molecular complexity index is 485. The summed E-state index contributed by atoms with van der Waals surface area (Å²) in [6.07, 6.45) is 5.65. The van der Waals surface area contributed by atoms with Crippen molar-refractivity contribution in [1.82, 2.24) is 15.3 Å². The van der Waals surface area contributed by atoms with E-state index in [2.05, 4.69) is 39.6 Å². The molecule has 1 aromatic carbocycles. The first-order valence-corrected chi connectivity index (χ1v) is 6.92. The van der Waals surface area contributed by atoms with E-state index in [-0.39, 0.29) is 0 Å². The van der Waals surface area contributed by atoms with Crippen LogP contribution in [-0.4, -0.2) is 30.2 Å². The number of ether oxygens (including phenoxy) is 1. The number of hydrogen-bond acceptors (Lipinski definition) is 4. The lowest BCUT2D eigenvalue weighted by molar-refractivity contribution is 0.199. The van der Waals surface area contributed by atoms with Crippen molar-refractivity contribution in [2.75, 3.05) is 20.3 Å². The van der Waals surface area contributed by atoms with Crippen LogP contribution in [-0.2, 0) is 24.1 Å². The highest BCUT2D eigenvalue weighted by Crippen LogP contribution is 2.04. The monoisotopic (exact) mass is 271 g/mol. The van der Waals surface area contributed by atoms with Gasteiger partial charge >= 0.3 is 0 Å². The molecule has 0 saturated carbocycles. The Labute approximate surface area is 120 Å². The first kappa shape index (κ1) is 14.6. The third kappa shape index (κ3) is 5.07. The van der Waals surface area contributed by atoms with E-state index in [1.807, 2.05) is 18.5 Å². The van der Waals surface area contributed by atoms with Crippen LogP contribution >= 0.6 is 0 Å². The summed E-state index contributed by atoms with van der Waals surface area (Å²) < 4.78 is 4.98. The molecule has 106 valence electrons. The van der Waals surface area contributed by atoms with Gasteiger partial charge in [0, 0.05) is 44.6 Å². The molecule has 0 bridgehead atoms. The normalized spacial score (nSPS) is 10.7. The fraction of sp³-hybridized carbons (Fsp3) is 0.375. The average molecular weight is 271 g/mol. The highest BCUT2D eigenvalue weighted by atomic mass is 16.5. The van der Waals surface area contributed by atoms with E-state index in [4.69, 9.17) is 4.74 Å². The van der Waals surface area contributed by atoms with E-state index >= 15 is 0 Å². The lowest BCUT2D eigenvalue weighted by atomic mass is 10.1. The predicted molar refractivity (Wildman–Crippen MR) is 79.5 cm³/mol. The van der Waals surface area contributed by atoms with Crippen molar-refractivity contribution in [3.63, 3.8) is 0 Å². The maximum absolute atomic E-state index is 4.98. The van der Waals surface area contributed by atoms with E-state index in [9.17, 15) is 0 Å². The van der Waals surface area contributed by atoms with Gasteiger partial charge in [-0.05, 0) is 12.0 Å². The van der Waals surface area contributed by atoms with Crippen molar-refractivity contribution in [2.45, 2.75) is 19.4 Å². The van der Waals surface area contributed by atoms with Crippen LogP contribution in [0.4, 0.5) is 0 Å². The largest absolute Gasteiger partial charge is 0.383 e. The predicted octanol–water partition coefficient (Wildman–Crippen LogP) is 2.00. The third-order valence-corrected chi connectivity index (χ3v) is 3.05. The molecule has 0 fully saturated rings. The van der Waals surface area contributed by atoms with Crippen molar-refractivity contribution < 1.29 is 4.74 Å². The lowest BCUT2D eigenvalue weighted by Crippen LogP contribution is -2.18. The van der Waals surface area contributed by atoms with Crippen molar-refractivity contribution in [3.05, 3.63) is 59.7 Å². The maximum Gasteiger partial charge on any atom is 0.128 e. The molecule has 0 amide bonds. The van der Waals surface area contributed by atoms with Gasteiger partial charge in [-0.1, -0.05) is 30.3 Å². The minimum absolute atomic E-state index is 0.718. The van der Waals surface area contributed by atoms with Crippen molar-refractivity contribution >= 4 is 0 Å². The van der Waals surface area contributed by atoms with Crippen LogP contribution in [0.3, 0.4) is 0 Å². The van der Waals surface area contributed by atoms with E-state index in [1.165, 1.54) is 5.56 Å². The van der Waals surface area contributed by atoms with E-state index in [1.54, 1.807) is 7.11 Å². The molecule has 4 nitrogen and oxygen atoms in total. The molecule has 0 saturated heterocycles. The summed E-state index contributed by atoms with van der Waals surface area (Å²) in [5, 5.41) is 3.27. The molecule has 1 N–H and O–H groups in total. The van der Waals surface area contributed by atoms with Gasteiger partial charge in [-0.2, -0.15) is 0 Å². The zero-order valence-corrected chi connectivity index (χ0v) is 11.9. The van der Waals surface area contributed by atoms with E-state index in [0.717, 1.165) is 43.9 Å². The molecule has 0 aliphatic rings. The first-order chi connectivity index (χ1) is 9.88. The van der Waals surface area contributed by atoms with Crippen molar-refractivity contribution in [3.8, 4) is 0 Å². The molecule has 0 atom stereocenters. The highest BCUT2D eigenvalue weighted by molar-refractivity contribution is 5.15. The van der Waals surface area contributed by atoms with Crippen LogP contribution in [0.1, 0.15) is 17.0 Å². The third-order valence-electron chi connectivity index (χ3n) is 3.05. The molecule has 0 aliphatic heterocycles. The van der Waals surface area contributed by atoms with Crippen molar-refractivity contribution in [1.29, 1.82) is 0 Å². The Kier molecular flexibility index (Phi) is 6.14. The summed E-state index contributed by atoms with van der Waals surface area (Å²) >= 11 is 0. The number of methoxy groups -OCH3 is 1. The molecule has 0 unspecified atom stereocenters. The highest BCUT2D eigenvalue weighted by Gasteiger charge is 1.99. The van der Waals surface area contributed by atoms with E-state index < -0.39 is 0 Å². The smallest absolute Gasteiger partial charge is 0.128 e. The fourth-order valence-corrected chi connectivity index (χ4v) is 1.91. The molecule has 2 rings (SSSR count). The Balaban J connectivity index is 1.76. The summed E-state index contributed by atoms with van der Waals surface area (Å²) in [5.74, 6) is 0.898. The van der Waals surface area contributed by atoms with Gasteiger partial charge in [-0.3, -0.25) is 0 Å². The number of aromatic nitrogens is 2. The van der Waals surface area contributed by atoms with Gasteiger partial charge in [0.25, 0.3) is 0 Å². The summed E-state index contributed by atoms with van der Waals surface area (Å²) in [4.78, 5) is 8.82. The Morgan fingerprint density at radius 3 is 2.45 bits per heavy atom. The zero-order chi connectivity index (χ0) is 14.0. The molecule has 1 aromatic heterocycles. The van der Waals surface area contributed by atoms with Crippen LogP contribution in [0.25, 0.3) is 0 Å². The number of nitrogens with zero attached hydrogens (tertiary/aromatic N) is 2. The second kappa shape index (κ2) is 8.40. The quantitative estimate of drug-likeness (QED) is 0.746. The maximum atomic E-state index is 4.98. The summed E-state index contributed by atoms with van der Waals surface area (Å²) in [5.41, 5.74) is 2.42. The van der Waals surface area contributed by atoms with E-state index in [0.29, 0.717) is 0 Å². The zero-order valence-electron chi connectivity index (χ0n) is 11.9. The molecule has 0 aliphatic carbocycles. The molecule has 0 spiro atoms. The average Bonchev–Trinajstić information content (AvgIpc) is 2.52. The fourth-order valence-electron chi connectivity index (χ4n) is 1.91. The molecule has 1 heterocycles. The SMILES string of the molecule is COCCNCc1cnc(CCc2ccccc2)nc1. The lowest BCUT2D eigenvalue weighted by Gasteiger charge is -2.05. The Hall–Kier alpha value is -1.78. The number of aryl methyl sites for hydroxylation is 2. The molecular formula is C16H21N3O. The van der Waals surface area contributed by atoms with Crippen LogP contribution in [0, 0.1) is 0 Å². The van der Waals surface area contributed by atoms with Crippen LogP contribution in [0.2, 0.25) is 0 Å². The number of rotatable bonds is 8. The minimum atomic E-state index is 0.718. The summed E-state index contributed by atoms with van der Waals surface area (Å²) in [7, 11) is 1.70. The molecule has 0 radical (unpaired) electrons. The minimum Gasteiger partial charge on any atom is -0.383 e. The molecular weight excluding hydrogens is 250 g/mol. The van der Waals surface area contributed by atoms with Gasteiger partial charge in [-0.25, -0.2) is 9.97 Å². The summed E-state index contributed by atoms with van der Waals surface area (Å²) in [6, 6.07) is 10.4. The Morgan fingerprint density at radius 2 is 1.75 bits per heavy atom. The van der Waals surface area contributed by atoms with Gasteiger partial charge in [0.15, 0.2) is 0 Å². The second-order valence-electron chi connectivity index (χ2n) is 4.66. The van der Waals surface area contributed by atoms with Crippen LogP contribution in [0.15, 0.2) is 42.7 Å².